The molecule has 0 saturated heterocycles. The second-order valence-electron chi connectivity index (χ2n) is 4.16. The van der Waals surface area contributed by atoms with Gasteiger partial charge in [0.2, 0.25) is 5.54 Å². The Morgan fingerprint density at radius 3 is 2.58 bits per heavy atom. The third-order valence-electron chi connectivity index (χ3n) is 3.82. The summed E-state index contributed by atoms with van der Waals surface area (Å²) in [5, 5.41) is 10.9. The fourth-order valence-corrected chi connectivity index (χ4v) is 2.60. The van der Waals surface area contributed by atoms with Crippen molar-refractivity contribution in [2.45, 2.75) is 25.8 Å². The van der Waals surface area contributed by atoms with Crippen molar-refractivity contribution in [2.75, 3.05) is 0 Å². The first-order valence-corrected chi connectivity index (χ1v) is 4.39. The Labute approximate surface area is 71.6 Å². The van der Waals surface area contributed by atoms with Crippen molar-refractivity contribution >= 4 is 0 Å². The zero-order valence-corrected chi connectivity index (χ0v) is 7.36. The summed E-state index contributed by atoms with van der Waals surface area (Å²) in [5.74, 6) is 0.820. The maximum absolute atomic E-state index is 10.9. The first-order valence-electron chi connectivity index (χ1n) is 4.39. The van der Waals surface area contributed by atoms with Gasteiger partial charge in [0.25, 0.3) is 0 Å². The van der Waals surface area contributed by atoms with Gasteiger partial charge in [0, 0.05) is 23.7 Å². The molecule has 1 fully saturated rings. The number of nitrogens with zero attached hydrogens (tertiary/aromatic N) is 1. The van der Waals surface area contributed by atoms with Crippen molar-refractivity contribution in [3.63, 3.8) is 0 Å². The van der Waals surface area contributed by atoms with Crippen LogP contribution in [0.4, 0.5) is 0 Å². The van der Waals surface area contributed by atoms with Crippen LogP contribution in [-0.2, 0) is 0 Å². The van der Waals surface area contributed by atoms with Crippen LogP contribution in [0.2, 0.25) is 0 Å². The Morgan fingerprint density at radius 1 is 1.58 bits per heavy atom. The molecule has 0 aliphatic heterocycles. The van der Waals surface area contributed by atoms with Crippen LogP contribution in [0, 0.1) is 27.9 Å². The van der Waals surface area contributed by atoms with Gasteiger partial charge >= 0.3 is 0 Å². The van der Waals surface area contributed by atoms with Crippen molar-refractivity contribution in [3.8, 4) is 0 Å². The van der Waals surface area contributed by atoms with Crippen LogP contribution >= 0.6 is 0 Å². The van der Waals surface area contributed by atoms with E-state index >= 15 is 0 Å². The summed E-state index contributed by atoms with van der Waals surface area (Å²) in [6, 6.07) is 0. The molecule has 0 radical (unpaired) electrons. The molecule has 4 unspecified atom stereocenters. The Balaban J connectivity index is 2.39. The highest BCUT2D eigenvalue weighted by Gasteiger charge is 2.59. The molecule has 2 aliphatic rings. The molecule has 0 aromatic heterocycles. The lowest BCUT2D eigenvalue weighted by Gasteiger charge is -2.27. The van der Waals surface area contributed by atoms with E-state index in [0.717, 1.165) is 6.42 Å². The van der Waals surface area contributed by atoms with Crippen LogP contribution in [-0.4, -0.2) is 10.5 Å². The monoisotopic (exact) mass is 167 g/mol. The smallest absolute Gasteiger partial charge is 0.228 e. The van der Waals surface area contributed by atoms with Gasteiger partial charge in [-0.2, -0.15) is 0 Å². The first-order chi connectivity index (χ1) is 5.56. The van der Waals surface area contributed by atoms with Gasteiger partial charge in [-0.25, -0.2) is 0 Å². The van der Waals surface area contributed by atoms with Gasteiger partial charge in [-0.15, -0.1) is 0 Å². The first kappa shape index (κ1) is 7.77. The number of hydrogen-bond donors (Lipinski definition) is 0. The van der Waals surface area contributed by atoms with E-state index in [0.29, 0.717) is 5.92 Å². The maximum Gasteiger partial charge on any atom is 0.228 e. The molecule has 0 N–H and O–H groups in total. The Hall–Kier alpha value is -0.860. The van der Waals surface area contributed by atoms with Crippen molar-refractivity contribution < 1.29 is 4.92 Å². The molecule has 4 atom stereocenters. The van der Waals surface area contributed by atoms with E-state index in [1.807, 2.05) is 13.0 Å². The summed E-state index contributed by atoms with van der Waals surface area (Å²) < 4.78 is 0. The zero-order chi connectivity index (χ0) is 8.93. The number of fused-ring (bicyclic) bond motifs is 2. The molecule has 0 aromatic carbocycles. The van der Waals surface area contributed by atoms with Gasteiger partial charge in [-0.05, 0) is 12.3 Å². The quantitative estimate of drug-likeness (QED) is 0.340. The molecule has 12 heavy (non-hydrogen) atoms. The van der Waals surface area contributed by atoms with Crippen molar-refractivity contribution in [2.24, 2.45) is 17.8 Å². The largest absolute Gasteiger partial charge is 0.264 e. The van der Waals surface area contributed by atoms with E-state index < -0.39 is 5.54 Å². The van der Waals surface area contributed by atoms with Gasteiger partial charge in [0.05, 0.1) is 0 Å². The van der Waals surface area contributed by atoms with E-state index in [4.69, 9.17) is 0 Å². The average molecular weight is 167 g/mol. The molecular weight excluding hydrogens is 154 g/mol. The molecule has 2 rings (SSSR count). The number of rotatable bonds is 1. The normalized spacial score (nSPS) is 50.0. The molecule has 3 nitrogen and oxygen atoms in total. The number of hydrogen-bond acceptors (Lipinski definition) is 2. The molecule has 1 saturated carbocycles. The number of nitro groups is 1. The molecule has 2 bridgehead atoms. The molecule has 3 heteroatoms. The van der Waals surface area contributed by atoms with Crippen LogP contribution in [0.5, 0.6) is 0 Å². The maximum atomic E-state index is 10.9. The summed E-state index contributed by atoms with van der Waals surface area (Å²) in [6.07, 6.45) is 5.15. The van der Waals surface area contributed by atoms with E-state index in [1.54, 1.807) is 6.92 Å². The second kappa shape index (κ2) is 2.09. The third kappa shape index (κ3) is 0.667. The van der Waals surface area contributed by atoms with Crippen molar-refractivity contribution in [1.82, 2.24) is 0 Å². The van der Waals surface area contributed by atoms with Crippen LogP contribution in [0.15, 0.2) is 12.2 Å². The number of allylic oxidation sites excluding steroid dienone is 1. The predicted molar refractivity (Wildman–Crippen MR) is 45.3 cm³/mol. The van der Waals surface area contributed by atoms with Gasteiger partial charge in [0.1, 0.15) is 0 Å². The van der Waals surface area contributed by atoms with Crippen LogP contribution in [0.1, 0.15) is 20.3 Å². The van der Waals surface area contributed by atoms with Gasteiger partial charge in [0.15, 0.2) is 0 Å². The van der Waals surface area contributed by atoms with Gasteiger partial charge in [-0.3, -0.25) is 10.1 Å². The lowest BCUT2D eigenvalue weighted by Crippen LogP contribution is -2.44. The van der Waals surface area contributed by atoms with Gasteiger partial charge in [-0.1, -0.05) is 19.1 Å². The van der Waals surface area contributed by atoms with Crippen LogP contribution in [0.3, 0.4) is 0 Å². The SMILES string of the molecule is CC1C2C=CC(C2)C1(C)[N+](=O)[O-]. The van der Waals surface area contributed by atoms with Crippen molar-refractivity contribution in [3.05, 3.63) is 22.3 Å². The van der Waals surface area contributed by atoms with Crippen molar-refractivity contribution in [1.29, 1.82) is 0 Å². The Morgan fingerprint density at radius 2 is 2.25 bits per heavy atom. The highest BCUT2D eigenvalue weighted by atomic mass is 16.6. The van der Waals surface area contributed by atoms with E-state index in [1.165, 1.54) is 0 Å². The standard InChI is InChI=1S/C9H13NO2/c1-6-7-3-4-8(5-7)9(6,2)10(11)12/h3-4,6-8H,5H2,1-2H3. The highest BCUT2D eigenvalue weighted by molar-refractivity contribution is 5.18. The summed E-state index contributed by atoms with van der Waals surface area (Å²) in [7, 11) is 0. The van der Waals surface area contributed by atoms with Gasteiger partial charge < -0.3 is 0 Å². The van der Waals surface area contributed by atoms with Crippen LogP contribution < -0.4 is 0 Å². The third-order valence-corrected chi connectivity index (χ3v) is 3.82. The molecule has 0 spiro atoms. The molecule has 0 heterocycles. The molecule has 2 aliphatic carbocycles. The molecule has 0 amide bonds. The molecular formula is C9H13NO2. The summed E-state index contributed by atoms with van der Waals surface area (Å²) in [4.78, 5) is 10.8. The Kier molecular flexibility index (Phi) is 1.35. The summed E-state index contributed by atoms with van der Waals surface area (Å²) in [5.41, 5.74) is -0.695. The minimum absolute atomic E-state index is 0.0914. The lowest BCUT2D eigenvalue weighted by molar-refractivity contribution is -0.579. The summed E-state index contributed by atoms with van der Waals surface area (Å²) in [6.45, 7) is 3.78. The topological polar surface area (TPSA) is 43.1 Å². The Bertz CT molecular complexity index is 261. The average Bonchev–Trinajstić information content (AvgIpc) is 2.55. The fourth-order valence-electron chi connectivity index (χ4n) is 2.60. The van der Waals surface area contributed by atoms with E-state index in [9.17, 15) is 10.1 Å². The fraction of sp³-hybridized carbons (Fsp3) is 0.778. The highest BCUT2D eigenvalue weighted by Crippen LogP contribution is 2.51. The molecule has 0 aromatic rings. The minimum atomic E-state index is -0.695. The summed E-state index contributed by atoms with van der Waals surface area (Å²) >= 11 is 0. The van der Waals surface area contributed by atoms with E-state index in [-0.39, 0.29) is 16.8 Å². The molecule has 66 valence electrons. The lowest BCUT2D eigenvalue weighted by atomic mass is 9.79. The zero-order valence-electron chi connectivity index (χ0n) is 7.36. The predicted octanol–water partition coefficient (Wildman–Crippen LogP) is 1.86. The van der Waals surface area contributed by atoms with E-state index in [2.05, 4.69) is 6.08 Å². The second-order valence-corrected chi connectivity index (χ2v) is 4.16. The minimum Gasteiger partial charge on any atom is -0.264 e. The van der Waals surface area contributed by atoms with Crippen LogP contribution in [0.25, 0.3) is 0 Å².